The van der Waals surface area contributed by atoms with Crippen molar-refractivity contribution < 1.29 is 28.2 Å². The molecule has 2 atom stereocenters. The van der Waals surface area contributed by atoms with Crippen molar-refractivity contribution in [1.82, 2.24) is 19.7 Å². The van der Waals surface area contributed by atoms with Crippen molar-refractivity contribution in [3.8, 4) is 5.69 Å². The van der Waals surface area contributed by atoms with Gasteiger partial charge in [-0.2, -0.15) is 5.10 Å². The van der Waals surface area contributed by atoms with Crippen molar-refractivity contribution in [2.24, 2.45) is 0 Å². The fourth-order valence-electron chi connectivity index (χ4n) is 4.97. The van der Waals surface area contributed by atoms with Crippen molar-refractivity contribution >= 4 is 28.0 Å². The lowest BCUT2D eigenvalue weighted by molar-refractivity contribution is -0.147. The predicted octanol–water partition coefficient (Wildman–Crippen LogP) is 4.06. The Morgan fingerprint density at radius 1 is 1.32 bits per heavy atom. The minimum atomic E-state index is -1.02. The van der Waals surface area contributed by atoms with E-state index in [0.717, 1.165) is 28.8 Å². The van der Waals surface area contributed by atoms with Gasteiger partial charge in [0.25, 0.3) is 0 Å². The van der Waals surface area contributed by atoms with E-state index < -0.39 is 29.1 Å². The molecule has 1 aliphatic rings. The quantitative estimate of drug-likeness (QED) is 0.441. The largest absolute Gasteiger partial charge is 0.479 e. The molecule has 1 saturated heterocycles. The molecule has 178 valence electrons. The number of H-pyrrole nitrogens is 1. The lowest BCUT2D eigenvalue weighted by Gasteiger charge is -2.29. The third-order valence-corrected chi connectivity index (χ3v) is 6.37. The van der Waals surface area contributed by atoms with Crippen LogP contribution in [0.2, 0.25) is 0 Å². The first-order valence-corrected chi connectivity index (χ1v) is 10.9. The number of fused-ring (bicyclic) bond motifs is 2. The van der Waals surface area contributed by atoms with Crippen LogP contribution >= 0.6 is 0 Å². The fraction of sp³-hybridized carbons (Fsp3) is 0.375. The Kier molecular flexibility index (Phi) is 5.37. The molecule has 0 bridgehead atoms. The molecule has 0 spiro atoms. The van der Waals surface area contributed by atoms with Gasteiger partial charge in [-0.1, -0.05) is 13.8 Å². The Bertz CT molecular complexity index is 1410. The molecule has 1 unspecified atom stereocenters. The van der Waals surface area contributed by atoms with Gasteiger partial charge in [0.05, 0.1) is 30.4 Å². The van der Waals surface area contributed by atoms with Gasteiger partial charge < -0.3 is 19.1 Å². The standard InChI is InChI=1S/C24H24F2N4O4/c1-24(2,11-33-3)21-19(13-7-18(23(31)32)34-10-13)20-17(6-12-9-27-29-22(12)28-20)30(21)14-4-5-15(25)16(26)8-14/h4-6,8-9,13,18H,7,10-11H2,1-3H3,(H,31,32)(H,27,28,29)/t13-,18?/m0/s1. The second kappa shape index (κ2) is 8.14. The first kappa shape index (κ1) is 22.4. The average molecular weight is 470 g/mol. The van der Waals surface area contributed by atoms with E-state index in [1.807, 2.05) is 24.5 Å². The Balaban J connectivity index is 1.88. The first-order chi connectivity index (χ1) is 16.2. The fourth-order valence-corrected chi connectivity index (χ4v) is 4.97. The van der Waals surface area contributed by atoms with E-state index in [1.165, 1.54) is 6.07 Å². The lowest BCUT2D eigenvalue weighted by Crippen LogP contribution is -2.29. The van der Waals surface area contributed by atoms with Gasteiger partial charge in [0, 0.05) is 46.8 Å². The normalized spacial score (nSPS) is 18.9. The Labute approximate surface area is 193 Å². The van der Waals surface area contributed by atoms with Crippen molar-refractivity contribution in [3.05, 3.63) is 53.4 Å². The van der Waals surface area contributed by atoms with Crippen molar-refractivity contribution in [1.29, 1.82) is 0 Å². The highest BCUT2D eigenvalue weighted by Gasteiger charge is 2.40. The average Bonchev–Trinajstić information content (AvgIpc) is 3.50. The number of aromatic amines is 1. The number of carbonyl (C=O) groups is 1. The van der Waals surface area contributed by atoms with Crippen LogP contribution in [-0.4, -0.2) is 57.3 Å². The maximum absolute atomic E-state index is 14.4. The number of pyridine rings is 1. The van der Waals surface area contributed by atoms with Crippen LogP contribution in [0.25, 0.3) is 27.8 Å². The number of aromatic nitrogens is 4. The molecule has 4 heterocycles. The molecule has 10 heteroatoms. The van der Waals surface area contributed by atoms with Gasteiger partial charge >= 0.3 is 5.97 Å². The summed E-state index contributed by atoms with van der Waals surface area (Å²) in [6, 6.07) is 5.64. The highest BCUT2D eigenvalue weighted by atomic mass is 19.2. The van der Waals surface area contributed by atoms with Crippen LogP contribution < -0.4 is 0 Å². The number of hydrogen-bond acceptors (Lipinski definition) is 5. The second-order valence-electron chi connectivity index (χ2n) is 9.27. The molecule has 0 saturated carbocycles. The second-order valence-corrected chi connectivity index (χ2v) is 9.27. The summed E-state index contributed by atoms with van der Waals surface area (Å²) in [6.45, 7) is 4.51. The molecule has 5 rings (SSSR count). The maximum atomic E-state index is 14.4. The number of rotatable bonds is 6. The number of aliphatic carboxylic acids is 1. The third kappa shape index (κ3) is 3.54. The Hall–Kier alpha value is -3.37. The van der Waals surface area contributed by atoms with E-state index in [4.69, 9.17) is 14.5 Å². The molecule has 1 fully saturated rings. The van der Waals surface area contributed by atoms with Crippen LogP contribution in [0.5, 0.6) is 0 Å². The Morgan fingerprint density at radius 2 is 2.12 bits per heavy atom. The number of benzene rings is 1. The number of ether oxygens (including phenoxy) is 2. The van der Waals surface area contributed by atoms with E-state index in [9.17, 15) is 18.7 Å². The van der Waals surface area contributed by atoms with Gasteiger partial charge in [0.1, 0.15) is 0 Å². The summed E-state index contributed by atoms with van der Waals surface area (Å²) in [5.74, 6) is -3.20. The van der Waals surface area contributed by atoms with Crippen LogP contribution in [0.15, 0.2) is 30.5 Å². The molecular weight excluding hydrogens is 446 g/mol. The third-order valence-electron chi connectivity index (χ3n) is 6.37. The maximum Gasteiger partial charge on any atom is 0.332 e. The minimum absolute atomic E-state index is 0.201. The van der Waals surface area contributed by atoms with E-state index in [1.54, 1.807) is 13.3 Å². The number of carboxylic acid groups (broad SMARTS) is 1. The topological polar surface area (TPSA) is 102 Å². The molecule has 0 aliphatic carbocycles. The zero-order chi connectivity index (χ0) is 24.2. The van der Waals surface area contributed by atoms with Gasteiger partial charge in [-0.25, -0.2) is 18.6 Å². The summed E-state index contributed by atoms with van der Waals surface area (Å²) in [5.41, 5.74) is 3.29. The van der Waals surface area contributed by atoms with E-state index in [-0.39, 0.29) is 18.9 Å². The summed E-state index contributed by atoms with van der Waals surface area (Å²) in [4.78, 5) is 16.4. The number of methoxy groups -OCH3 is 1. The van der Waals surface area contributed by atoms with Crippen LogP contribution in [0.3, 0.4) is 0 Å². The van der Waals surface area contributed by atoms with E-state index >= 15 is 0 Å². The zero-order valence-electron chi connectivity index (χ0n) is 18.9. The molecule has 2 N–H and O–H groups in total. The zero-order valence-corrected chi connectivity index (χ0v) is 18.9. The smallest absolute Gasteiger partial charge is 0.332 e. The molecule has 8 nitrogen and oxygen atoms in total. The van der Waals surface area contributed by atoms with Crippen LogP contribution in [-0.2, 0) is 19.7 Å². The first-order valence-electron chi connectivity index (χ1n) is 10.9. The van der Waals surface area contributed by atoms with E-state index in [0.29, 0.717) is 29.0 Å². The molecule has 4 aromatic rings. The molecule has 0 radical (unpaired) electrons. The monoisotopic (exact) mass is 470 g/mol. The Morgan fingerprint density at radius 3 is 2.79 bits per heavy atom. The molecule has 3 aromatic heterocycles. The number of nitrogens with one attached hydrogen (secondary N) is 1. The minimum Gasteiger partial charge on any atom is -0.479 e. The number of halogens is 2. The highest BCUT2D eigenvalue weighted by Crippen LogP contribution is 2.44. The molecule has 0 amide bonds. The molecule has 1 aliphatic heterocycles. The van der Waals surface area contributed by atoms with Gasteiger partial charge in [-0.05, 0) is 24.6 Å². The van der Waals surface area contributed by atoms with Gasteiger partial charge in [-0.15, -0.1) is 0 Å². The summed E-state index contributed by atoms with van der Waals surface area (Å²) in [5, 5.41) is 17.2. The van der Waals surface area contributed by atoms with Crippen molar-refractivity contribution in [2.45, 2.75) is 37.7 Å². The molecular formula is C24H24F2N4O4. The predicted molar refractivity (Wildman–Crippen MR) is 120 cm³/mol. The number of nitrogens with zero attached hydrogens (tertiary/aromatic N) is 3. The lowest BCUT2D eigenvalue weighted by atomic mass is 9.82. The van der Waals surface area contributed by atoms with Crippen LogP contribution in [0.1, 0.15) is 37.4 Å². The van der Waals surface area contributed by atoms with Crippen LogP contribution in [0, 0.1) is 11.6 Å². The SMILES string of the molecule is COCC(C)(C)c1c([C@@H]2COC(C(=O)O)C2)c2nc3[nH]ncc3cc2n1-c1ccc(F)c(F)c1. The summed E-state index contributed by atoms with van der Waals surface area (Å²) in [6.07, 6.45) is 0.981. The molecule has 34 heavy (non-hydrogen) atoms. The summed E-state index contributed by atoms with van der Waals surface area (Å²) in [7, 11) is 1.60. The van der Waals surface area contributed by atoms with E-state index in [2.05, 4.69) is 10.2 Å². The van der Waals surface area contributed by atoms with Gasteiger partial charge in [-0.3, -0.25) is 5.10 Å². The summed E-state index contributed by atoms with van der Waals surface area (Å²) < 4.78 is 41.1. The van der Waals surface area contributed by atoms with Gasteiger partial charge in [0.15, 0.2) is 23.4 Å². The number of carboxylic acids is 1. The van der Waals surface area contributed by atoms with Crippen molar-refractivity contribution in [2.75, 3.05) is 20.3 Å². The number of hydrogen-bond donors (Lipinski definition) is 2. The summed E-state index contributed by atoms with van der Waals surface area (Å²) >= 11 is 0. The van der Waals surface area contributed by atoms with Crippen LogP contribution in [0.4, 0.5) is 8.78 Å². The molecule has 1 aromatic carbocycles. The highest BCUT2D eigenvalue weighted by molar-refractivity contribution is 5.94. The van der Waals surface area contributed by atoms with Gasteiger partial charge in [0.2, 0.25) is 0 Å². The van der Waals surface area contributed by atoms with Crippen molar-refractivity contribution in [3.63, 3.8) is 0 Å².